The molecule has 2 rings (SSSR count). The fraction of sp³-hybridized carbons (Fsp3) is 0.125. The molecule has 0 unspecified atom stereocenters. The summed E-state index contributed by atoms with van der Waals surface area (Å²) in [7, 11) is 2.92. The zero-order chi connectivity index (χ0) is 17.7. The number of ether oxygens (including phenoxy) is 1. The van der Waals surface area contributed by atoms with Crippen molar-refractivity contribution in [3.05, 3.63) is 63.7 Å². The van der Waals surface area contributed by atoms with Crippen LogP contribution in [0.5, 0.6) is 5.75 Å². The van der Waals surface area contributed by atoms with E-state index in [0.29, 0.717) is 17.0 Å². The summed E-state index contributed by atoms with van der Waals surface area (Å²) in [5.41, 5.74) is 0.690. The minimum atomic E-state index is -0.574. The minimum absolute atomic E-state index is 0.140. The number of benzene rings is 2. The van der Waals surface area contributed by atoms with Crippen molar-refractivity contribution in [3.8, 4) is 5.75 Å². The molecule has 124 valence electrons. The first-order chi connectivity index (χ1) is 11.5. The second-order valence-electron chi connectivity index (χ2n) is 4.76. The number of nitrogens with zero attached hydrogens (tertiary/aromatic N) is 1. The first-order valence-corrected chi connectivity index (χ1v) is 6.92. The third-order valence-electron chi connectivity index (χ3n) is 3.26. The number of amides is 2. The van der Waals surface area contributed by atoms with Crippen LogP contribution in [0.4, 0.5) is 11.4 Å². The zero-order valence-electron chi connectivity index (χ0n) is 13.0. The molecule has 0 aliphatic rings. The first kappa shape index (κ1) is 16.9. The van der Waals surface area contributed by atoms with Crippen LogP contribution in [0.2, 0.25) is 0 Å². The molecule has 0 atom stereocenters. The van der Waals surface area contributed by atoms with Gasteiger partial charge in [-0.2, -0.15) is 0 Å². The third-order valence-corrected chi connectivity index (χ3v) is 3.26. The van der Waals surface area contributed by atoms with Gasteiger partial charge in [0.15, 0.2) is 0 Å². The molecule has 0 saturated heterocycles. The number of rotatable bonds is 5. The number of nitrogens with one attached hydrogen (secondary N) is 2. The number of nitro benzene ring substituents is 1. The molecule has 0 bridgehead atoms. The Morgan fingerprint density at radius 3 is 2.42 bits per heavy atom. The molecule has 0 saturated carbocycles. The number of carbonyl (C=O) groups excluding carboxylic acids is 2. The van der Waals surface area contributed by atoms with Crippen molar-refractivity contribution < 1.29 is 19.2 Å². The standard InChI is InChI=1S/C16H15N3O5/c1-17-15(20)11-6-7-13(14(9-11)24-2)18-16(21)10-4-3-5-12(8-10)19(22)23/h3-9H,1-2H3,(H,17,20)(H,18,21). The van der Waals surface area contributed by atoms with Gasteiger partial charge in [-0.15, -0.1) is 0 Å². The van der Waals surface area contributed by atoms with Gasteiger partial charge in [0.2, 0.25) is 0 Å². The second kappa shape index (κ2) is 7.23. The summed E-state index contributed by atoms with van der Waals surface area (Å²) < 4.78 is 5.18. The number of non-ortho nitro benzene ring substituents is 1. The summed E-state index contributed by atoms with van der Waals surface area (Å²) >= 11 is 0. The van der Waals surface area contributed by atoms with Gasteiger partial charge >= 0.3 is 0 Å². The Kier molecular flexibility index (Phi) is 5.10. The van der Waals surface area contributed by atoms with Crippen LogP contribution in [-0.2, 0) is 0 Å². The van der Waals surface area contributed by atoms with Gasteiger partial charge < -0.3 is 15.4 Å². The Bertz CT molecular complexity index is 804. The number of methoxy groups -OCH3 is 1. The van der Waals surface area contributed by atoms with E-state index >= 15 is 0 Å². The van der Waals surface area contributed by atoms with Gasteiger partial charge in [-0.1, -0.05) is 6.07 Å². The summed E-state index contributed by atoms with van der Waals surface area (Å²) in [5, 5.41) is 15.9. The van der Waals surface area contributed by atoms with E-state index in [0.717, 1.165) is 0 Å². The van der Waals surface area contributed by atoms with E-state index in [-0.39, 0.29) is 17.2 Å². The molecule has 2 N–H and O–H groups in total. The van der Waals surface area contributed by atoms with E-state index in [4.69, 9.17) is 4.74 Å². The molecule has 0 aromatic heterocycles. The maximum atomic E-state index is 12.3. The van der Waals surface area contributed by atoms with Crippen molar-refractivity contribution in [3.63, 3.8) is 0 Å². The summed E-state index contributed by atoms with van der Waals surface area (Å²) in [6.07, 6.45) is 0. The van der Waals surface area contributed by atoms with Crippen molar-refractivity contribution in [1.82, 2.24) is 5.32 Å². The zero-order valence-corrected chi connectivity index (χ0v) is 13.0. The van der Waals surface area contributed by atoms with Crippen LogP contribution in [0.15, 0.2) is 42.5 Å². The van der Waals surface area contributed by atoms with Gasteiger partial charge in [0, 0.05) is 30.3 Å². The molecule has 2 aromatic carbocycles. The highest BCUT2D eigenvalue weighted by Gasteiger charge is 2.15. The molecular weight excluding hydrogens is 314 g/mol. The lowest BCUT2D eigenvalue weighted by molar-refractivity contribution is -0.384. The molecule has 24 heavy (non-hydrogen) atoms. The molecule has 2 aromatic rings. The first-order valence-electron chi connectivity index (χ1n) is 6.92. The van der Waals surface area contributed by atoms with Gasteiger partial charge in [-0.3, -0.25) is 19.7 Å². The van der Waals surface area contributed by atoms with Gasteiger partial charge in [-0.05, 0) is 24.3 Å². The van der Waals surface area contributed by atoms with E-state index < -0.39 is 10.8 Å². The molecule has 0 fully saturated rings. The van der Waals surface area contributed by atoms with E-state index in [2.05, 4.69) is 10.6 Å². The Morgan fingerprint density at radius 1 is 1.08 bits per heavy atom. The Morgan fingerprint density at radius 2 is 1.79 bits per heavy atom. The summed E-state index contributed by atoms with van der Waals surface area (Å²) in [5.74, 6) is -0.510. The number of hydrogen-bond donors (Lipinski definition) is 2. The molecule has 0 heterocycles. The van der Waals surface area contributed by atoms with Gasteiger partial charge in [0.1, 0.15) is 5.75 Å². The smallest absolute Gasteiger partial charge is 0.270 e. The normalized spacial score (nSPS) is 9.92. The van der Waals surface area contributed by atoms with Crippen LogP contribution >= 0.6 is 0 Å². The Hall–Kier alpha value is -3.42. The van der Waals surface area contributed by atoms with E-state index in [1.54, 1.807) is 0 Å². The number of anilines is 1. The van der Waals surface area contributed by atoms with Crippen LogP contribution < -0.4 is 15.4 Å². The fourth-order valence-electron chi connectivity index (χ4n) is 2.04. The fourth-order valence-corrected chi connectivity index (χ4v) is 2.04. The van der Waals surface area contributed by atoms with Crippen LogP contribution in [-0.4, -0.2) is 30.9 Å². The number of hydrogen-bond acceptors (Lipinski definition) is 5. The second-order valence-corrected chi connectivity index (χ2v) is 4.76. The lowest BCUT2D eigenvalue weighted by Crippen LogP contribution is -2.18. The van der Waals surface area contributed by atoms with E-state index in [1.807, 2.05) is 0 Å². The van der Waals surface area contributed by atoms with E-state index in [1.165, 1.54) is 56.6 Å². The highest BCUT2D eigenvalue weighted by Crippen LogP contribution is 2.26. The van der Waals surface area contributed by atoms with Crippen LogP contribution in [0.25, 0.3) is 0 Å². The average molecular weight is 329 g/mol. The Labute approximate surface area is 137 Å². The van der Waals surface area contributed by atoms with Crippen molar-refractivity contribution in [1.29, 1.82) is 0 Å². The average Bonchev–Trinajstić information content (AvgIpc) is 2.61. The predicted octanol–water partition coefficient (Wildman–Crippen LogP) is 2.22. The van der Waals surface area contributed by atoms with Crippen molar-refractivity contribution in [2.24, 2.45) is 0 Å². The highest BCUT2D eigenvalue weighted by atomic mass is 16.6. The van der Waals surface area contributed by atoms with Crippen LogP contribution in [0, 0.1) is 10.1 Å². The highest BCUT2D eigenvalue weighted by molar-refractivity contribution is 6.06. The molecule has 0 aliphatic carbocycles. The summed E-state index contributed by atoms with van der Waals surface area (Å²) in [6.45, 7) is 0. The Balaban J connectivity index is 2.27. The van der Waals surface area contributed by atoms with E-state index in [9.17, 15) is 19.7 Å². The van der Waals surface area contributed by atoms with Crippen molar-refractivity contribution in [2.45, 2.75) is 0 Å². The molecule has 0 aliphatic heterocycles. The topological polar surface area (TPSA) is 111 Å². The minimum Gasteiger partial charge on any atom is -0.495 e. The molecule has 8 nitrogen and oxygen atoms in total. The molecule has 0 radical (unpaired) electrons. The summed E-state index contributed by atoms with van der Waals surface area (Å²) in [4.78, 5) is 34.1. The molecule has 8 heteroatoms. The van der Waals surface area contributed by atoms with Crippen molar-refractivity contribution >= 4 is 23.2 Å². The predicted molar refractivity (Wildman–Crippen MR) is 87.4 cm³/mol. The van der Waals surface area contributed by atoms with Gasteiger partial charge in [-0.25, -0.2) is 0 Å². The molecule has 0 spiro atoms. The molecular formula is C16H15N3O5. The van der Waals surface area contributed by atoms with Crippen molar-refractivity contribution in [2.75, 3.05) is 19.5 Å². The van der Waals surface area contributed by atoms with Gasteiger partial charge in [0.05, 0.1) is 17.7 Å². The number of nitro groups is 1. The maximum Gasteiger partial charge on any atom is 0.270 e. The lowest BCUT2D eigenvalue weighted by Gasteiger charge is -2.11. The van der Waals surface area contributed by atoms with Crippen LogP contribution in [0.3, 0.4) is 0 Å². The number of carbonyl (C=O) groups is 2. The van der Waals surface area contributed by atoms with Gasteiger partial charge in [0.25, 0.3) is 17.5 Å². The summed E-state index contributed by atoms with van der Waals surface area (Å²) in [6, 6.07) is 9.92. The SMILES string of the molecule is CNC(=O)c1ccc(NC(=O)c2cccc([N+](=O)[O-])c2)c(OC)c1. The monoisotopic (exact) mass is 329 g/mol. The lowest BCUT2D eigenvalue weighted by atomic mass is 10.1. The quantitative estimate of drug-likeness (QED) is 0.645. The maximum absolute atomic E-state index is 12.3. The third kappa shape index (κ3) is 3.67. The molecule has 2 amide bonds. The largest absolute Gasteiger partial charge is 0.495 e. The van der Waals surface area contributed by atoms with Crippen LogP contribution in [0.1, 0.15) is 20.7 Å².